The molecular weight excluding hydrogens is 346 g/mol. The summed E-state index contributed by atoms with van der Waals surface area (Å²) in [5, 5.41) is 11.2. The average molecular weight is 378 g/mol. The molecule has 1 saturated heterocycles. The van der Waals surface area contributed by atoms with E-state index in [1.54, 1.807) is 11.8 Å². The molecule has 1 atom stereocenters. The molecule has 1 aliphatic carbocycles. The Morgan fingerprint density at radius 3 is 2.38 bits per heavy atom. The maximum Gasteiger partial charge on any atom is 0.182 e. The summed E-state index contributed by atoms with van der Waals surface area (Å²) in [4.78, 5) is 17.0. The van der Waals surface area contributed by atoms with Gasteiger partial charge in [0, 0.05) is 30.0 Å². The van der Waals surface area contributed by atoms with E-state index in [1.165, 1.54) is 6.42 Å². The summed E-state index contributed by atoms with van der Waals surface area (Å²) in [6, 6.07) is 7.87. The Morgan fingerprint density at radius 1 is 1.19 bits per heavy atom. The second kappa shape index (κ2) is 8.42. The third-order valence-electron chi connectivity index (χ3n) is 6.01. The van der Waals surface area contributed by atoms with Gasteiger partial charge in [-0.05, 0) is 38.2 Å². The molecule has 1 unspecified atom stereocenters. The molecule has 0 radical (unpaired) electrons. The fraction of sp³-hybridized carbons (Fsp3) is 0.667. The van der Waals surface area contributed by atoms with Crippen molar-refractivity contribution in [1.29, 1.82) is 0 Å². The van der Waals surface area contributed by atoms with Gasteiger partial charge < -0.3 is 9.84 Å². The van der Waals surface area contributed by atoms with Gasteiger partial charge in [-0.15, -0.1) is 11.8 Å². The Hall–Kier alpha value is -0.880. The van der Waals surface area contributed by atoms with E-state index in [1.807, 2.05) is 37.4 Å². The number of Topliss-reactive ketones (excluding diaryl/α,β-unsaturated/α-hetero) is 1. The van der Waals surface area contributed by atoms with Crippen LogP contribution in [0.25, 0.3) is 0 Å². The molecule has 1 aromatic carbocycles. The molecule has 144 valence electrons. The second-order valence-electron chi connectivity index (χ2n) is 7.89. The number of benzene rings is 1. The summed E-state index contributed by atoms with van der Waals surface area (Å²) >= 11 is 1.67. The predicted molar refractivity (Wildman–Crippen MR) is 106 cm³/mol. The highest BCUT2D eigenvalue weighted by molar-refractivity contribution is 7.98. The van der Waals surface area contributed by atoms with E-state index in [4.69, 9.17) is 4.74 Å². The number of ketones is 1. The number of aliphatic hydroxyl groups is 1. The van der Waals surface area contributed by atoms with Crippen LogP contribution in [-0.2, 0) is 4.74 Å². The number of hydrogen-bond acceptors (Lipinski definition) is 5. The fourth-order valence-corrected chi connectivity index (χ4v) is 4.88. The van der Waals surface area contributed by atoms with Gasteiger partial charge in [0.25, 0.3) is 0 Å². The molecule has 5 heteroatoms. The molecule has 3 rings (SSSR count). The molecular formula is C21H31NO3S. The summed E-state index contributed by atoms with van der Waals surface area (Å²) in [5.41, 5.74) is -0.701. The first-order valence-electron chi connectivity index (χ1n) is 9.71. The van der Waals surface area contributed by atoms with Crippen molar-refractivity contribution in [2.75, 3.05) is 32.6 Å². The van der Waals surface area contributed by atoms with Crippen molar-refractivity contribution in [3.63, 3.8) is 0 Å². The first-order chi connectivity index (χ1) is 12.5. The summed E-state index contributed by atoms with van der Waals surface area (Å²) < 4.78 is 5.51. The summed E-state index contributed by atoms with van der Waals surface area (Å²) in [6.07, 6.45) is 7.41. The molecule has 1 heterocycles. The van der Waals surface area contributed by atoms with E-state index in [9.17, 15) is 9.90 Å². The zero-order valence-electron chi connectivity index (χ0n) is 16.0. The minimum absolute atomic E-state index is 0.117. The quantitative estimate of drug-likeness (QED) is 0.604. The largest absolute Gasteiger partial charge is 0.390 e. The molecule has 0 aromatic heterocycles. The van der Waals surface area contributed by atoms with Crippen molar-refractivity contribution < 1.29 is 14.6 Å². The number of morpholine rings is 1. The lowest BCUT2D eigenvalue weighted by Crippen LogP contribution is -2.59. The summed E-state index contributed by atoms with van der Waals surface area (Å²) in [7, 11) is 0. The topological polar surface area (TPSA) is 49.8 Å². The van der Waals surface area contributed by atoms with Crippen molar-refractivity contribution >= 4 is 17.5 Å². The van der Waals surface area contributed by atoms with E-state index in [0.29, 0.717) is 19.6 Å². The third-order valence-corrected chi connectivity index (χ3v) is 6.75. The predicted octanol–water partition coefficient (Wildman–Crippen LogP) is 3.77. The van der Waals surface area contributed by atoms with Crippen molar-refractivity contribution in [2.45, 2.75) is 61.5 Å². The zero-order chi connectivity index (χ0) is 18.6. The van der Waals surface area contributed by atoms with E-state index in [-0.39, 0.29) is 5.78 Å². The number of hydrogen-bond donors (Lipinski definition) is 1. The molecule has 26 heavy (non-hydrogen) atoms. The van der Waals surface area contributed by atoms with Gasteiger partial charge in [-0.2, -0.15) is 0 Å². The first kappa shape index (κ1) is 19.9. The van der Waals surface area contributed by atoms with Crippen LogP contribution in [0.5, 0.6) is 0 Å². The van der Waals surface area contributed by atoms with Gasteiger partial charge in [-0.25, -0.2) is 0 Å². The maximum absolute atomic E-state index is 13.6. The lowest BCUT2D eigenvalue weighted by molar-refractivity contribution is -0.0661. The van der Waals surface area contributed by atoms with E-state index >= 15 is 0 Å². The van der Waals surface area contributed by atoms with Gasteiger partial charge in [0.1, 0.15) is 0 Å². The fourth-order valence-electron chi connectivity index (χ4n) is 4.47. The van der Waals surface area contributed by atoms with Crippen molar-refractivity contribution in [3.8, 4) is 0 Å². The van der Waals surface area contributed by atoms with Crippen LogP contribution in [0, 0.1) is 0 Å². The van der Waals surface area contributed by atoms with Crippen molar-refractivity contribution in [3.05, 3.63) is 29.8 Å². The standard InChI is InChI=1S/C21H31NO3S/c1-20(22-12-14-25-15-13-22,16-21(24)10-4-3-5-11-21)19(23)17-6-8-18(26-2)9-7-17/h6-9,24H,3-5,10-16H2,1-2H3. The number of ether oxygens (including phenoxy) is 1. The van der Waals surface area contributed by atoms with E-state index < -0.39 is 11.1 Å². The van der Waals surface area contributed by atoms with E-state index in [0.717, 1.165) is 49.2 Å². The molecule has 0 amide bonds. The molecule has 1 N–H and O–H groups in total. The number of carbonyl (C=O) groups is 1. The number of thioether (sulfide) groups is 1. The van der Waals surface area contributed by atoms with Gasteiger partial charge in [-0.3, -0.25) is 9.69 Å². The van der Waals surface area contributed by atoms with Gasteiger partial charge >= 0.3 is 0 Å². The molecule has 2 fully saturated rings. The highest BCUT2D eigenvalue weighted by Gasteiger charge is 2.46. The van der Waals surface area contributed by atoms with Gasteiger partial charge in [0.05, 0.1) is 24.4 Å². The lowest BCUT2D eigenvalue weighted by atomic mass is 9.73. The van der Waals surface area contributed by atoms with Crippen LogP contribution in [0.4, 0.5) is 0 Å². The van der Waals surface area contributed by atoms with Crippen LogP contribution >= 0.6 is 11.8 Å². The Morgan fingerprint density at radius 2 is 1.81 bits per heavy atom. The molecule has 1 aromatic rings. The maximum atomic E-state index is 13.6. The molecule has 1 aliphatic heterocycles. The van der Waals surface area contributed by atoms with Crippen LogP contribution in [0.3, 0.4) is 0 Å². The van der Waals surface area contributed by atoms with Crippen LogP contribution < -0.4 is 0 Å². The van der Waals surface area contributed by atoms with Crippen LogP contribution in [0.15, 0.2) is 29.2 Å². The highest BCUT2D eigenvalue weighted by Crippen LogP contribution is 2.38. The minimum atomic E-state index is -0.736. The van der Waals surface area contributed by atoms with Gasteiger partial charge in [0.15, 0.2) is 5.78 Å². The Balaban J connectivity index is 1.89. The monoisotopic (exact) mass is 377 g/mol. The molecule has 0 spiro atoms. The van der Waals surface area contributed by atoms with Crippen molar-refractivity contribution in [1.82, 2.24) is 4.90 Å². The normalized spacial score (nSPS) is 23.3. The molecule has 1 saturated carbocycles. The lowest BCUT2D eigenvalue weighted by Gasteiger charge is -2.47. The zero-order valence-corrected chi connectivity index (χ0v) is 16.8. The minimum Gasteiger partial charge on any atom is -0.390 e. The number of rotatable bonds is 6. The number of nitrogens with zero attached hydrogens (tertiary/aromatic N) is 1. The summed E-state index contributed by atoms with van der Waals surface area (Å²) in [5.74, 6) is 0.117. The Bertz CT molecular complexity index is 606. The molecule has 4 nitrogen and oxygen atoms in total. The van der Waals surface area contributed by atoms with Crippen LogP contribution in [0.1, 0.15) is 55.8 Å². The molecule has 0 bridgehead atoms. The van der Waals surface area contributed by atoms with Crippen LogP contribution in [-0.4, -0.2) is 59.5 Å². The SMILES string of the molecule is CSc1ccc(C(=O)C(C)(CC2(O)CCCCC2)N2CCOCC2)cc1. The first-order valence-corrected chi connectivity index (χ1v) is 10.9. The third kappa shape index (κ3) is 4.33. The van der Waals surface area contributed by atoms with Gasteiger partial charge in [0.2, 0.25) is 0 Å². The van der Waals surface area contributed by atoms with Gasteiger partial charge in [-0.1, -0.05) is 31.4 Å². The van der Waals surface area contributed by atoms with Crippen LogP contribution in [0.2, 0.25) is 0 Å². The molecule has 2 aliphatic rings. The van der Waals surface area contributed by atoms with E-state index in [2.05, 4.69) is 4.90 Å². The Labute approximate surface area is 161 Å². The summed E-state index contributed by atoms with van der Waals surface area (Å²) in [6.45, 7) is 4.79. The Kier molecular flexibility index (Phi) is 6.44. The van der Waals surface area contributed by atoms with Crippen molar-refractivity contribution in [2.24, 2.45) is 0 Å². The average Bonchev–Trinajstić information content (AvgIpc) is 2.68. The number of carbonyl (C=O) groups excluding carboxylic acids is 1. The second-order valence-corrected chi connectivity index (χ2v) is 8.77. The highest BCUT2D eigenvalue weighted by atomic mass is 32.2. The smallest absolute Gasteiger partial charge is 0.182 e.